The van der Waals surface area contributed by atoms with Crippen LogP contribution in [0.5, 0.6) is 0 Å². The average Bonchev–Trinajstić information content (AvgIpc) is 2.99. The van der Waals surface area contributed by atoms with Crippen molar-refractivity contribution in [2.45, 2.75) is 45.6 Å². The molecule has 1 saturated carbocycles. The molecule has 17 heavy (non-hydrogen) atoms. The molecule has 1 saturated heterocycles. The molecule has 4 heteroatoms. The largest absolute Gasteiger partial charge is 0.481 e. The molecule has 2 fully saturated rings. The van der Waals surface area contributed by atoms with Gasteiger partial charge in [0.25, 0.3) is 0 Å². The van der Waals surface area contributed by atoms with Gasteiger partial charge in [0.15, 0.2) is 0 Å². The van der Waals surface area contributed by atoms with Crippen LogP contribution in [0.15, 0.2) is 0 Å². The van der Waals surface area contributed by atoms with Gasteiger partial charge < -0.3 is 10.0 Å². The summed E-state index contributed by atoms with van der Waals surface area (Å²) >= 11 is 0. The van der Waals surface area contributed by atoms with Gasteiger partial charge in [-0.2, -0.15) is 0 Å². The van der Waals surface area contributed by atoms with E-state index in [4.69, 9.17) is 0 Å². The van der Waals surface area contributed by atoms with E-state index in [-0.39, 0.29) is 17.9 Å². The molecule has 2 rings (SSSR count). The quantitative estimate of drug-likeness (QED) is 0.813. The maximum absolute atomic E-state index is 11.9. The molecule has 1 aliphatic carbocycles. The molecular weight excluding hydrogens is 218 g/mol. The molecule has 2 aliphatic rings. The van der Waals surface area contributed by atoms with Crippen molar-refractivity contribution in [2.75, 3.05) is 6.54 Å². The van der Waals surface area contributed by atoms with Crippen LogP contribution in [0, 0.1) is 17.8 Å². The van der Waals surface area contributed by atoms with Crippen molar-refractivity contribution in [1.82, 2.24) is 4.90 Å². The Bertz CT molecular complexity index is 325. The van der Waals surface area contributed by atoms with E-state index in [0.29, 0.717) is 6.42 Å². The van der Waals surface area contributed by atoms with Crippen LogP contribution in [0.2, 0.25) is 0 Å². The summed E-state index contributed by atoms with van der Waals surface area (Å²) in [4.78, 5) is 25.0. The second-order valence-corrected chi connectivity index (χ2v) is 5.61. The van der Waals surface area contributed by atoms with Gasteiger partial charge in [-0.1, -0.05) is 19.8 Å². The second kappa shape index (κ2) is 4.67. The molecule has 0 aromatic rings. The number of likely N-dealkylation sites (tertiary alicyclic amines) is 1. The average molecular weight is 239 g/mol. The number of hydrogen-bond acceptors (Lipinski definition) is 2. The van der Waals surface area contributed by atoms with Crippen molar-refractivity contribution in [3.8, 4) is 0 Å². The van der Waals surface area contributed by atoms with E-state index in [2.05, 4.69) is 0 Å². The molecule has 4 nitrogen and oxygen atoms in total. The lowest BCUT2D eigenvalue weighted by atomic mass is 9.81. The summed E-state index contributed by atoms with van der Waals surface area (Å²) in [6.07, 6.45) is 3.97. The number of aliphatic carboxylic acids is 1. The Morgan fingerprint density at radius 2 is 2.06 bits per heavy atom. The SMILES string of the molecule is CC1CC(=O)N(CCC2CC2)C(C)C1C(=O)O. The third-order valence-corrected chi connectivity index (χ3v) is 4.20. The maximum atomic E-state index is 11.9. The predicted octanol–water partition coefficient (Wildman–Crippen LogP) is 1.74. The molecular formula is C13H21NO3. The van der Waals surface area contributed by atoms with Gasteiger partial charge in [0.05, 0.1) is 5.92 Å². The van der Waals surface area contributed by atoms with E-state index in [9.17, 15) is 14.7 Å². The van der Waals surface area contributed by atoms with E-state index in [0.717, 1.165) is 18.9 Å². The highest BCUT2D eigenvalue weighted by Gasteiger charge is 2.41. The third-order valence-electron chi connectivity index (χ3n) is 4.20. The maximum Gasteiger partial charge on any atom is 0.308 e. The van der Waals surface area contributed by atoms with E-state index >= 15 is 0 Å². The standard InChI is InChI=1S/C13H21NO3/c1-8-7-11(15)14(6-5-10-3-4-10)9(2)12(8)13(16)17/h8-10,12H,3-7H2,1-2H3,(H,16,17). The van der Waals surface area contributed by atoms with Crippen LogP contribution in [-0.2, 0) is 9.59 Å². The fraction of sp³-hybridized carbons (Fsp3) is 0.846. The normalized spacial score (nSPS) is 33.9. The fourth-order valence-corrected chi connectivity index (χ4v) is 2.92. The van der Waals surface area contributed by atoms with Gasteiger partial charge >= 0.3 is 5.97 Å². The first-order chi connectivity index (χ1) is 8.00. The molecule has 1 aliphatic heterocycles. The van der Waals surface area contributed by atoms with Crippen molar-refractivity contribution < 1.29 is 14.7 Å². The van der Waals surface area contributed by atoms with Crippen molar-refractivity contribution in [1.29, 1.82) is 0 Å². The Morgan fingerprint density at radius 1 is 1.41 bits per heavy atom. The smallest absolute Gasteiger partial charge is 0.308 e. The summed E-state index contributed by atoms with van der Waals surface area (Å²) in [6.45, 7) is 4.48. The molecule has 0 aromatic heterocycles. The minimum Gasteiger partial charge on any atom is -0.481 e. The molecule has 0 bridgehead atoms. The van der Waals surface area contributed by atoms with Crippen LogP contribution < -0.4 is 0 Å². The summed E-state index contributed by atoms with van der Waals surface area (Å²) in [7, 11) is 0. The van der Waals surface area contributed by atoms with Crippen LogP contribution in [-0.4, -0.2) is 34.5 Å². The molecule has 1 N–H and O–H groups in total. The Balaban J connectivity index is 2.02. The molecule has 3 unspecified atom stereocenters. The van der Waals surface area contributed by atoms with Crippen molar-refractivity contribution in [2.24, 2.45) is 17.8 Å². The van der Waals surface area contributed by atoms with Crippen LogP contribution in [0.1, 0.15) is 39.5 Å². The first kappa shape index (κ1) is 12.4. The molecule has 0 spiro atoms. The monoisotopic (exact) mass is 239 g/mol. The molecule has 0 radical (unpaired) electrons. The van der Waals surface area contributed by atoms with Gasteiger partial charge in [-0.05, 0) is 25.2 Å². The minimum absolute atomic E-state index is 0.0489. The highest BCUT2D eigenvalue weighted by molar-refractivity contribution is 5.81. The fourth-order valence-electron chi connectivity index (χ4n) is 2.92. The Morgan fingerprint density at radius 3 is 2.59 bits per heavy atom. The number of carboxylic acid groups (broad SMARTS) is 1. The summed E-state index contributed by atoms with van der Waals surface area (Å²) in [5, 5.41) is 9.23. The van der Waals surface area contributed by atoms with Gasteiger partial charge in [-0.25, -0.2) is 0 Å². The zero-order chi connectivity index (χ0) is 12.6. The molecule has 96 valence electrons. The molecule has 0 aromatic carbocycles. The van der Waals surface area contributed by atoms with Gasteiger partial charge in [-0.15, -0.1) is 0 Å². The lowest BCUT2D eigenvalue weighted by molar-refractivity contribution is -0.154. The Hall–Kier alpha value is -1.06. The number of amides is 1. The number of carboxylic acids is 1. The third kappa shape index (κ3) is 2.61. The number of carbonyl (C=O) groups is 2. The van der Waals surface area contributed by atoms with Gasteiger partial charge in [0, 0.05) is 19.0 Å². The Kier molecular flexibility index (Phi) is 3.40. The molecule has 3 atom stereocenters. The van der Waals surface area contributed by atoms with E-state index in [1.54, 1.807) is 4.90 Å². The lowest BCUT2D eigenvalue weighted by Crippen LogP contribution is -2.53. The van der Waals surface area contributed by atoms with Crippen LogP contribution >= 0.6 is 0 Å². The van der Waals surface area contributed by atoms with Gasteiger partial charge in [0.2, 0.25) is 5.91 Å². The Labute approximate surface area is 102 Å². The summed E-state index contributed by atoms with van der Waals surface area (Å²) in [5.41, 5.74) is 0. The number of carbonyl (C=O) groups excluding carboxylic acids is 1. The lowest BCUT2D eigenvalue weighted by Gasteiger charge is -2.40. The number of rotatable bonds is 4. The van der Waals surface area contributed by atoms with E-state index in [1.165, 1.54) is 12.8 Å². The van der Waals surface area contributed by atoms with Crippen LogP contribution in [0.3, 0.4) is 0 Å². The van der Waals surface area contributed by atoms with Crippen molar-refractivity contribution >= 4 is 11.9 Å². The van der Waals surface area contributed by atoms with Gasteiger partial charge in [-0.3, -0.25) is 9.59 Å². The first-order valence-electron chi connectivity index (χ1n) is 6.53. The van der Waals surface area contributed by atoms with E-state index < -0.39 is 11.9 Å². The first-order valence-corrected chi connectivity index (χ1v) is 6.53. The molecule has 1 amide bonds. The van der Waals surface area contributed by atoms with Crippen molar-refractivity contribution in [3.63, 3.8) is 0 Å². The zero-order valence-corrected chi connectivity index (χ0v) is 10.6. The molecule has 1 heterocycles. The number of nitrogens with zero attached hydrogens (tertiary/aromatic N) is 1. The second-order valence-electron chi connectivity index (χ2n) is 5.61. The number of hydrogen-bond donors (Lipinski definition) is 1. The van der Waals surface area contributed by atoms with Gasteiger partial charge in [0.1, 0.15) is 0 Å². The minimum atomic E-state index is -0.770. The highest BCUT2D eigenvalue weighted by atomic mass is 16.4. The topological polar surface area (TPSA) is 57.6 Å². The van der Waals surface area contributed by atoms with E-state index in [1.807, 2.05) is 13.8 Å². The van der Waals surface area contributed by atoms with Crippen molar-refractivity contribution in [3.05, 3.63) is 0 Å². The van der Waals surface area contributed by atoms with Crippen LogP contribution in [0.4, 0.5) is 0 Å². The summed E-state index contributed by atoms with van der Waals surface area (Å²) in [6, 6.07) is -0.164. The summed E-state index contributed by atoms with van der Waals surface area (Å²) < 4.78 is 0. The predicted molar refractivity (Wildman–Crippen MR) is 63.4 cm³/mol. The summed E-state index contributed by atoms with van der Waals surface area (Å²) in [5.74, 6) is -0.325. The highest BCUT2D eigenvalue weighted by Crippen LogP contribution is 2.35. The number of piperidine rings is 1. The van der Waals surface area contributed by atoms with Crippen LogP contribution in [0.25, 0.3) is 0 Å². The zero-order valence-electron chi connectivity index (χ0n) is 10.6.